The summed E-state index contributed by atoms with van der Waals surface area (Å²) in [6, 6.07) is 0. The van der Waals surface area contributed by atoms with Crippen LogP contribution in [0, 0.1) is 17.8 Å². The minimum absolute atomic E-state index is 0.0811. The third-order valence-electron chi connectivity index (χ3n) is 8.06. The summed E-state index contributed by atoms with van der Waals surface area (Å²) in [5, 5.41) is 52.1. The summed E-state index contributed by atoms with van der Waals surface area (Å²) >= 11 is 0. The van der Waals surface area contributed by atoms with E-state index in [1.807, 2.05) is 0 Å². The van der Waals surface area contributed by atoms with Crippen molar-refractivity contribution in [2.45, 2.75) is 103 Å². The Bertz CT molecular complexity index is 959. The third kappa shape index (κ3) is 5.52. The molecule has 2 aliphatic rings. The molecule has 1 saturated carbocycles. The second kappa shape index (κ2) is 11.1. The lowest BCUT2D eigenvalue weighted by Crippen LogP contribution is -2.35. The van der Waals surface area contributed by atoms with Gasteiger partial charge in [-0.3, -0.25) is 4.79 Å². The van der Waals surface area contributed by atoms with E-state index in [0.29, 0.717) is 18.3 Å². The minimum Gasteiger partial charge on any atom is -0.507 e. The van der Waals surface area contributed by atoms with Gasteiger partial charge in [-0.15, -0.1) is 0 Å². The number of aromatic nitrogens is 1. The smallest absolute Gasteiger partial charge is 0.259 e. The van der Waals surface area contributed by atoms with Crippen LogP contribution in [0.1, 0.15) is 83.5 Å². The van der Waals surface area contributed by atoms with Gasteiger partial charge in [0.15, 0.2) is 0 Å². The Labute approximate surface area is 207 Å². The van der Waals surface area contributed by atoms with Crippen molar-refractivity contribution in [3.05, 3.63) is 39.3 Å². The number of rotatable bonds is 7. The van der Waals surface area contributed by atoms with Crippen LogP contribution in [0.15, 0.2) is 22.6 Å². The predicted molar refractivity (Wildman–Crippen MR) is 133 cm³/mol. The van der Waals surface area contributed by atoms with Gasteiger partial charge >= 0.3 is 0 Å². The van der Waals surface area contributed by atoms with E-state index in [-0.39, 0.29) is 28.9 Å². The van der Waals surface area contributed by atoms with E-state index in [1.165, 1.54) is 17.8 Å². The molecule has 0 radical (unpaired) electrons. The Balaban J connectivity index is 1.94. The van der Waals surface area contributed by atoms with Crippen LogP contribution in [-0.2, 0) is 11.8 Å². The molecule has 35 heavy (non-hydrogen) atoms. The van der Waals surface area contributed by atoms with E-state index in [0.717, 1.165) is 24.8 Å². The summed E-state index contributed by atoms with van der Waals surface area (Å²) in [4.78, 5) is 13.1. The Kier molecular flexibility index (Phi) is 8.86. The van der Waals surface area contributed by atoms with Crippen LogP contribution in [0.2, 0.25) is 0 Å². The highest BCUT2D eigenvalue weighted by atomic mass is 16.5. The maximum Gasteiger partial charge on any atom is 0.259 e. The quantitative estimate of drug-likeness (QED) is 0.369. The molecule has 3 rings (SSSR count). The van der Waals surface area contributed by atoms with Gasteiger partial charge in [0.05, 0.1) is 30.0 Å². The number of aliphatic hydroxyl groups excluding tert-OH is 4. The number of aliphatic hydroxyl groups is 4. The van der Waals surface area contributed by atoms with E-state index in [4.69, 9.17) is 4.74 Å². The Hall–Kier alpha value is -1.71. The molecule has 2 heterocycles. The maximum absolute atomic E-state index is 13.1. The average Bonchev–Trinajstić information content (AvgIpc) is 2.99. The Morgan fingerprint density at radius 2 is 1.74 bits per heavy atom. The number of hydrogen-bond donors (Lipinski definition) is 5. The highest BCUT2D eigenvalue weighted by Crippen LogP contribution is 2.44. The topological polar surface area (TPSA) is 132 Å². The zero-order chi connectivity index (χ0) is 26.2. The van der Waals surface area contributed by atoms with E-state index in [2.05, 4.69) is 40.7 Å². The van der Waals surface area contributed by atoms with Gasteiger partial charge < -0.3 is 34.8 Å². The number of allylic oxidation sites excluding steroid dienone is 1. The lowest BCUT2D eigenvalue weighted by Gasteiger charge is -2.36. The molecule has 0 aromatic carbocycles. The molecule has 8 nitrogen and oxygen atoms in total. The number of nitrogens with zero attached hydrogens (tertiary/aromatic N) is 1. The highest BCUT2D eigenvalue weighted by Gasteiger charge is 2.50. The molecule has 0 spiro atoms. The van der Waals surface area contributed by atoms with Crippen LogP contribution < -0.4 is 5.56 Å². The van der Waals surface area contributed by atoms with Gasteiger partial charge in [-0.2, -0.15) is 0 Å². The zero-order valence-corrected chi connectivity index (χ0v) is 21.8. The zero-order valence-electron chi connectivity index (χ0n) is 21.8. The van der Waals surface area contributed by atoms with Gasteiger partial charge in [0.2, 0.25) is 0 Å². The van der Waals surface area contributed by atoms with Gasteiger partial charge in [-0.1, -0.05) is 40.2 Å². The number of hydrogen-bond acceptors (Lipinski definition) is 7. The minimum atomic E-state index is -1.56. The number of aryl methyl sites for hydroxylation is 1. The van der Waals surface area contributed by atoms with Gasteiger partial charge in [0.25, 0.3) is 5.56 Å². The molecule has 198 valence electrons. The van der Waals surface area contributed by atoms with Crippen molar-refractivity contribution in [3.8, 4) is 5.75 Å². The molecule has 10 atom stereocenters. The molecule has 2 unspecified atom stereocenters. The molecule has 1 aliphatic heterocycles. The third-order valence-corrected chi connectivity index (χ3v) is 8.06. The van der Waals surface area contributed by atoms with Crippen LogP contribution >= 0.6 is 0 Å². The second-order valence-electron chi connectivity index (χ2n) is 11.0. The fraction of sp³-hybridized carbons (Fsp3) is 0.741. The average molecular weight is 494 g/mol. The largest absolute Gasteiger partial charge is 0.507 e. The van der Waals surface area contributed by atoms with Crippen molar-refractivity contribution in [2.24, 2.45) is 24.8 Å². The molecule has 5 N–H and O–H groups in total. The first-order chi connectivity index (χ1) is 16.4. The maximum atomic E-state index is 13.1. The fourth-order valence-corrected chi connectivity index (χ4v) is 5.83. The van der Waals surface area contributed by atoms with Crippen molar-refractivity contribution in [1.82, 2.24) is 4.57 Å². The molecular weight excluding hydrogens is 450 g/mol. The van der Waals surface area contributed by atoms with Gasteiger partial charge in [0.1, 0.15) is 18.0 Å². The monoisotopic (exact) mass is 493 g/mol. The summed E-state index contributed by atoms with van der Waals surface area (Å²) < 4.78 is 7.73. The molecule has 0 amide bonds. The summed E-state index contributed by atoms with van der Waals surface area (Å²) in [7, 11) is 1.53. The van der Waals surface area contributed by atoms with E-state index >= 15 is 0 Å². The molecule has 8 heteroatoms. The van der Waals surface area contributed by atoms with Crippen LogP contribution in [0.5, 0.6) is 5.75 Å². The molecular formula is C27H43NO7. The lowest BCUT2D eigenvalue weighted by atomic mass is 9.84. The number of ether oxygens (including phenoxy) is 1. The van der Waals surface area contributed by atoms with E-state index in [9.17, 15) is 30.3 Å². The van der Waals surface area contributed by atoms with Crippen LogP contribution in [-0.4, -0.2) is 60.6 Å². The molecule has 2 fully saturated rings. The Morgan fingerprint density at radius 1 is 1.14 bits per heavy atom. The van der Waals surface area contributed by atoms with Crippen LogP contribution in [0.4, 0.5) is 0 Å². The number of aromatic hydroxyl groups is 1. The van der Waals surface area contributed by atoms with E-state index in [1.54, 1.807) is 0 Å². The van der Waals surface area contributed by atoms with Crippen molar-refractivity contribution in [3.63, 3.8) is 0 Å². The molecule has 1 aliphatic carbocycles. The SMILES string of the molecule is CC[C@@H](C)C[C@H](C)/C=C(\C)[C@H]1O[C@@H](c2c(O)c(C3[C@@H](O)[C@@H](O)[C@@H](O)[C@H]3O)cn(C)c2=O)CCC1C. The second-order valence-corrected chi connectivity index (χ2v) is 11.0. The van der Waals surface area contributed by atoms with Crippen molar-refractivity contribution in [2.75, 3.05) is 0 Å². The predicted octanol–water partition coefficient (Wildman–Crippen LogP) is 2.51. The van der Waals surface area contributed by atoms with Crippen molar-refractivity contribution >= 4 is 0 Å². The molecule has 0 bridgehead atoms. The van der Waals surface area contributed by atoms with Gasteiger partial charge in [-0.05, 0) is 49.5 Å². The first-order valence-corrected chi connectivity index (χ1v) is 12.9. The normalized spacial score (nSPS) is 35.8. The summed E-state index contributed by atoms with van der Waals surface area (Å²) in [5.74, 6) is -0.229. The summed E-state index contributed by atoms with van der Waals surface area (Å²) in [5.41, 5.74) is 0.876. The molecule has 1 saturated heterocycles. The lowest BCUT2D eigenvalue weighted by molar-refractivity contribution is -0.0633. The number of pyridine rings is 1. The molecule has 1 aromatic heterocycles. The van der Waals surface area contributed by atoms with Crippen LogP contribution in [0.25, 0.3) is 0 Å². The summed E-state index contributed by atoms with van der Waals surface area (Å²) in [6.45, 7) is 10.8. The molecule has 1 aromatic rings. The van der Waals surface area contributed by atoms with Crippen molar-refractivity contribution < 1.29 is 30.3 Å². The van der Waals surface area contributed by atoms with Crippen LogP contribution in [0.3, 0.4) is 0 Å². The van der Waals surface area contributed by atoms with Gasteiger partial charge in [-0.25, -0.2) is 0 Å². The van der Waals surface area contributed by atoms with Crippen molar-refractivity contribution in [1.29, 1.82) is 0 Å². The van der Waals surface area contributed by atoms with E-state index < -0.39 is 42.0 Å². The first kappa shape index (κ1) is 27.9. The first-order valence-electron chi connectivity index (χ1n) is 12.9. The summed E-state index contributed by atoms with van der Waals surface area (Å²) in [6.07, 6.45) is 0.195. The standard InChI is InChI=1S/C27H43NO7/c1-7-13(2)10-14(3)11-16(5)26-15(4)8-9-18(35-26)20-21(29)17(12-28(6)27(20)34)19-22(30)24(32)25(33)23(19)31/h11-15,18-19,22-26,29-33H,7-10H2,1-6H3/b16-11+/t13-,14+,15?,18-,19?,22-,23+,24-,25+,26+/m1/s1. The van der Waals surface area contributed by atoms with Gasteiger partial charge in [0, 0.05) is 24.7 Å². The Morgan fingerprint density at radius 3 is 2.31 bits per heavy atom. The fourth-order valence-electron chi connectivity index (χ4n) is 5.83. The highest BCUT2D eigenvalue weighted by molar-refractivity contribution is 5.44.